The van der Waals surface area contributed by atoms with E-state index in [1.807, 2.05) is 26.0 Å². The highest BCUT2D eigenvalue weighted by Gasteiger charge is 2.25. The fraction of sp³-hybridized carbons (Fsp3) is 0.222. The van der Waals surface area contributed by atoms with Crippen molar-refractivity contribution in [2.24, 2.45) is 0 Å². The maximum atomic E-state index is 12.2. The van der Waals surface area contributed by atoms with Gasteiger partial charge in [0, 0.05) is 11.8 Å². The summed E-state index contributed by atoms with van der Waals surface area (Å²) in [6.45, 7) is 5.20. The number of nitro benzene ring substituents is 1. The number of nitrogens with zero attached hydrogens (tertiary/aromatic N) is 1. The number of para-hydroxylation sites is 1. The number of aryl methyl sites for hydroxylation is 2. The van der Waals surface area contributed by atoms with E-state index in [-0.39, 0.29) is 11.3 Å². The van der Waals surface area contributed by atoms with E-state index < -0.39 is 22.9 Å². The minimum Gasteiger partial charge on any atom is -0.449 e. The van der Waals surface area contributed by atoms with Gasteiger partial charge >= 0.3 is 5.97 Å². The fourth-order valence-electron chi connectivity index (χ4n) is 2.27. The van der Waals surface area contributed by atoms with Crippen LogP contribution in [0, 0.1) is 24.0 Å². The summed E-state index contributed by atoms with van der Waals surface area (Å²) in [5, 5.41) is 13.7. The minimum atomic E-state index is -1.10. The Morgan fingerprint density at radius 3 is 2.48 bits per heavy atom. The molecule has 2 rings (SSSR count). The second-order valence-electron chi connectivity index (χ2n) is 5.63. The molecular weight excluding hydrogens is 324 g/mol. The van der Waals surface area contributed by atoms with Crippen molar-refractivity contribution < 1.29 is 19.2 Å². The summed E-state index contributed by atoms with van der Waals surface area (Å²) in [4.78, 5) is 34.7. The van der Waals surface area contributed by atoms with Gasteiger partial charge in [-0.3, -0.25) is 14.9 Å². The van der Waals surface area contributed by atoms with E-state index in [1.54, 1.807) is 6.07 Å². The predicted molar refractivity (Wildman–Crippen MR) is 92.5 cm³/mol. The number of hydrogen-bond donors (Lipinski definition) is 1. The van der Waals surface area contributed by atoms with Gasteiger partial charge in [-0.05, 0) is 38.5 Å². The van der Waals surface area contributed by atoms with Crippen molar-refractivity contribution in [3.8, 4) is 0 Å². The molecule has 0 aromatic heterocycles. The third-order valence-corrected chi connectivity index (χ3v) is 3.61. The smallest absolute Gasteiger partial charge is 0.345 e. The van der Waals surface area contributed by atoms with E-state index in [9.17, 15) is 19.7 Å². The van der Waals surface area contributed by atoms with Crippen LogP contribution in [0.2, 0.25) is 0 Å². The molecule has 0 fully saturated rings. The van der Waals surface area contributed by atoms with Crippen molar-refractivity contribution in [3.05, 3.63) is 69.3 Å². The van der Waals surface area contributed by atoms with Crippen molar-refractivity contribution >= 4 is 23.3 Å². The Balaban J connectivity index is 2.08. The first-order valence-corrected chi connectivity index (χ1v) is 7.62. The van der Waals surface area contributed by atoms with Gasteiger partial charge in [-0.25, -0.2) is 4.79 Å². The van der Waals surface area contributed by atoms with Crippen LogP contribution in [0.15, 0.2) is 42.5 Å². The number of anilines is 1. The molecule has 25 heavy (non-hydrogen) atoms. The molecule has 1 atom stereocenters. The number of nitrogens with one attached hydrogen (secondary N) is 1. The molecule has 7 heteroatoms. The van der Waals surface area contributed by atoms with Gasteiger partial charge in [-0.15, -0.1) is 0 Å². The van der Waals surface area contributed by atoms with Crippen LogP contribution in [0.25, 0.3) is 0 Å². The first-order chi connectivity index (χ1) is 11.8. The van der Waals surface area contributed by atoms with Crippen LogP contribution in [0.1, 0.15) is 28.4 Å². The van der Waals surface area contributed by atoms with E-state index in [4.69, 9.17) is 4.74 Å². The van der Waals surface area contributed by atoms with Crippen LogP contribution in [-0.4, -0.2) is 22.9 Å². The summed E-state index contributed by atoms with van der Waals surface area (Å²) < 4.78 is 5.07. The molecule has 0 saturated heterocycles. The van der Waals surface area contributed by atoms with Crippen LogP contribution in [0.5, 0.6) is 0 Å². The Morgan fingerprint density at radius 2 is 1.84 bits per heavy atom. The number of carbonyl (C=O) groups is 2. The standard InChI is InChI=1S/C18H18N2O5/c1-11-8-9-15(12(2)10-11)19-17(21)13(3)25-18(22)14-6-4-5-7-16(14)20(23)24/h4-10,13H,1-3H3,(H,19,21). The lowest BCUT2D eigenvalue weighted by molar-refractivity contribution is -0.385. The van der Waals surface area contributed by atoms with Gasteiger partial charge < -0.3 is 10.1 Å². The molecule has 1 amide bonds. The average Bonchev–Trinajstić information content (AvgIpc) is 2.57. The zero-order valence-electron chi connectivity index (χ0n) is 14.1. The molecule has 130 valence electrons. The minimum absolute atomic E-state index is 0.196. The van der Waals surface area contributed by atoms with Crippen LogP contribution in [0.4, 0.5) is 11.4 Å². The number of nitro groups is 1. The van der Waals surface area contributed by atoms with Crippen molar-refractivity contribution in [1.29, 1.82) is 0 Å². The maximum Gasteiger partial charge on any atom is 0.345 e. The van der Waals surface area contributed by atoms with Gasteiger partial charge in [0.1, 0.15) is 5.56 Å². The molecule has 0 saturated carbocycles. The zero-order chi connectivity index (χ0) is 18.6. The van der Waals surface area contributed by atoms with Gasteiger partial charge in [0.25, 0.3) is 11.6 Å². The number of rotatable bonds is 5. The van der Waals surface area contributed by atoms with Crippen LogP contribution in [0.3, 0.4) is 0 Å². The van der Waals surface area contributed by atoms with Gasteiger partial charge in [0.05, 0.1) is 4.92 Å². The quantitative estimate of drug-likeness (QED) is 0.510. The lowest BCUT2D eigenvalue weighted by Crippen LogP contribution is -2.30. The third-order valence-electron chi connectivity index (χ3n) is 3.61. The van der Waals surface area contributed by atoms with E-state index in [1.165, 1.54) is 31.2 Å². The number of esters is 1. The fourth-order valence-corrected chi connectivity index (χ4v) is 2.27. The molecule has 0 aliphatic carbocycles. The lowest BCUT2D eigenvalue weighted by atomic mass is 10.1. The van der Waals surface area contributed by atoms with Crippen molar-refractivity contribution in [2.45, 2.75) is 26.9 Å². The molecule has 0 radical (unpaired) electrons. The van der Waals surface area contributed by atoms with Crippen LogP contribution < -0.4 is 5.32 Å². The first kappa shape index (κ1) is 18.1. The molecule has 0 aliphatic heterocycles. The molecular formula is C18H18N2O5. The molecule has 2 aromatic rings. The average molecular weight is 342 g/mol. The van der Waals surface area contributed by atoms with Crippen molar-refractivity contribution in [1.82, 2.24) is 0 Å². The van der Waals surface area contributed by atoms with Gasteiger partial charge in [0.15, 0.2) is 6.10 Å². The molecule has 1 unspecified atom stereocenters. The Labute approximate surface area is 144 Å². The first-order valence-electron chi connectivity index (χ1n) is 7.62. The topological polar surface area (TPSA) is 98.5 Å². The van der Waals surface area contributed by atoms with E-state index in [0.29, 0.717) is 5.69 Å². The van der Waals surface area contributed by atoms with Gasteiger partial charge in [-0.2, -0.15) is 0 Å². The van der Waals surface area contributed by atoms with Crippen molar-refractivity contribution in [2.75, 3.05) is 5.32 Å². The molecule has 0 bridgehead atoms. The monoisotopic (exact) mass is 342 g/mol. The summed E-state index contributed by atoms with van der Waals surface area (Å²) in [5.41, 5.74) is 1.99. The highest BCUT2D eigenvalue weighted by atomic mass is 16.6. The van der Waals surface area contributed by atoms with Gasteiger partial charge in [0.2, 0.25) is 0 Å². The van der Waals surface area contributed by atoms with E-state index in [2.05, 4.69) is 5.32 Å². The summed E-state index contributed by atoms with van der Waals surface area (Å²) >= 11 is 0. The number of amides is 1. The Bertz CT molecular complexity index is 832. The van der Waals surface area contributed by atoms with E-state index in [0.717, 1.165) is 11.1 Å². The van der Waals surface area contributed by atoms with Crippen molar-refractivity contribution in [3.63, 3.8) is 0 Å². The molecule has 2 aromatic carbocycles. The zero-order valence-corrected chi connectivity index (χ0v) is 14.1. The van der Waals surface area contributed by atoms with Gasteiger partial charge in [-0.1, -0.05) is 29.8 Å². The number of benzene rings is 2. The van der Waals surface area contributed by atoms with Crippen LogP contribution >= 0.6 is 0 Å². The van der Waals surface area contributed by atoms with E-state index >= 15 is 0 Å². The highest BCUT2D eigenvalue weighted by Crippen LogP contribution is 2.20. The Kier molecular flexibility index (Phi) is 5.49. The third kappa shape index (κ3) is 4.41. The highest BCUT2D eigenvalue weighted by molar-refractivity contribution is 5.99. The largest absolute Gasteiger partial charge is 0.449 e. The summed E-state index contributed by atoms with van der Waals surface area (Å²) in [6, 6.07) is 11.0. The normalized spacial score (nSPS) is 11.5. The molecule has 1 N–H and O–H groups in total. The summed E-state index contributed by atoms with van der Waals surface area (Å²) in [7, 11) is 0. The number of ether oxygens (including phenoxy) is 1. The number of carbonyl (C=O) groups excluding carboxylic acids is 2. The number of hydrogen-bond acceptors (Lipinski definition) is 5. The lowest BCUT2D eigenvalue weighted by Gasteiger charge is -2.15. The Hall–Kier alpha value is -3.22. The summed E-state index contributed by atoms with van der Waals surface area (Å²) in [5.74, 6) is -1.44. The Morgan fingerprint density at radius 1 is 1.16 bits per heavy atom. The predicted octanol–water partition coefficient (Wildman–Crippen LogP) is 3.40. The SMILES string of the molecule is Cc1ccc(NC(=O)C(C)OC(=O)c2ccccc2[N+](=O)[O-])c(C)c1. The molecule has 0 heterocycles. The van der Waals surface area contributed by atoms with Crippen LogP contribution in [-0.2, 0) is 9.53 Å². The maximum absolute atomic E-state index is 12.2. The molecule has 0 aliphatic rings. The molecule has 7 nitrogen and oxygen atoms in total. The summed E-state index contributed by atoms with van der Waals surface area (Å²) in [6.07, 6.45) is -1.10. The second-order valence-corrected chi connectivity index (χ2v) is 5.63. The second kappa shape index (κ2) is 7.57. The molecule has 0 spiro atoms.